The van der Waals surface area contributed by atoms with Crippen molar-refractivity contribution in [3.63, 3.8) is 0 Å². The fourth-order valence-electron chi connectivity index (χ4n) is 1.62. The molecule has 2 rings (SSSR count). The van der Waals surface area contributed by atoms with Crippen LogP contribution >= 0.6 is 11.6 Å². The maximum Gasteiger partial charge on any atom is 0.265 e. The summed E-state index contributed by atoms with van der Waals surface area (Å²) in [6.45, 7) is 1.05. The lowest BCUT2D eigenvalue weighted by molar-refractivity contribution is -0.167. The van der Waals surface area contributed by atoms with Crippen molar-refractivity contribution in [1.29, 1.82) is 0 Å². The predicted octanol–water partition coefficient (Wildman–Crippen LogP) is 1.23. The second kappa shape index (κ2) is 5.84. The molecule has 1 saturated heterocycles. The summed E-state index contributed by atoms with van der Waals surface area (Å²) in [5, 5.41) is 4.29. The number of nitrogens with zero attached hydrogens (tertiary/aromatic N) is 1. The standard InChI is InChI=1S/C12H13ClN2O3/c13-10-4-1-3-9(7-10)12(17)14-8-11(16)15-5-2-6-18-15/h1,3-4,7H,2,5-6,8H2,(H,14,17). The molecule has 1 aliphatic heterocycles. The minimum Gasteiger partial charge on any atom is -0.343 e. The number of nitrogens with one attached hydrogen (secondary N) is 1. The zero-order valence-corrected chi connectivity index (χ0v) is 10.4. The van der Waals surface area contributed by atoms with Gasteiger partial charge in [0.05, 0.1) is 19.7 Å². The molecule has 0 saturated carbocycles. The minimum absolute atomic E-state index is 0.0780. The third kappa shape index (κ3) is 3.21. The molecule has 96 valence electrons. The summed E-state index contributed by atoms with van der Waals surface area (Å²) in [6, 6.07) is 6.55. The lowest BCUT2D eigenvalue weighted by Crippen LogP contribution is -2.38. The number of hydroxylamine groups is 2. The Labute approximate surface area is 110 Å². The van der Waals surface area contributed by atoms with Crippen LogP contribution in [0.25, 0.3) is 0 Å². The molecule has 1 aromatic carbocycles. The maximum absolute atomic E-state index is 11.7. The molecule has 1 fully saturated rings. The Bertz CT molecular complexity index is 458. The van der Waals surface area contributed by atoms with Gasteiger partial charge in [0, 0.05) is 10.6 Å². The molecule has 1 aromatic rings. The zero-order valence-electron chi connectivity index (χ0n) is 9.69. The van der Waals surface area contributed by atoms with Crippen LogP contribution in [-0.2, 0) is 9.63 Å². The molecule has 0 unspecified atom stereocenters. The van der Waals surface area contributed by atoms with Gasteiger partial charge in [0.15, 0.2) is 0 Å². The number of benzene rings is 1. The Morgan fingerprint density at radius 1 is 1.44 bits per heavy atom. The molecule has 1 N–H and O–H groups in total. The SMILES string of the molecule is O=C(NCC(=O)N1CCCO1)c1cccc(Cl)c1. The lowest BCUT2D eigenvalue weighted by Gasteiger charge is -2.14. The van der Waals surface area contributed by atoms with E-state index in [0.29, 0.717) is 23.7 Å². The van der Waals surface area contributed by atoms with Gasteiger partial charge in [-0.2, -0.15) is 0 Å². The van der Waals surface area contributed by atoms with E-state index in [1.54, 1.807) is 24.3 Å². The Morgan fingerprint density at radius 3 is 2.94 bits per heavy atom. The normalized spacial score (nSPS) is 14.6. The molecule has 0 atom stereocenters. The first kappa shape index (κ1) is 12.9. The average Bonchev–Trinajstić information content (AvgIpc) is 2.89. The monoisotopic (exact) mass is 268 g/mol. The zero-order chi connectivity index (χ0) is 13.0. The third-order valence-corrected chi connectivity index (χ3v) is 2.75. The van der Waals surface area contributed by atoms with Crippen molar-refractivity contribution >= 4 is 23.4 Å². The van der Waals surface area contributed by atoms with Gasteiger partial charge < -0.3 is 5.32 Å². The fourth-order valence-corrected chi connectivity index (χ4v) is 1.81. The molecule has 1 aliphatic rings. The smallest absolute Gasteiger partial charge is 0.265 e. The van der Waals surface area contributed by atoms with Crippen LogP contribution in [0.15, 0.2) is 24.3 Å². The van der Waals surface area contributed by atoms with Crippen LogP contribution in [0.1, 0.15) is 16.8 Å². The third-order valence-electron chi connectivity index (χ3n) is 2.52. The summed E-state index contributed by atoms with van der Waals surface area (Å²) in [5.74, 6) is -0.576. The van der Waals surface area contributed by atoms with E-state index in [0.717, 1.165) is 6.42 Å². The molecule has 2 amide bonds. The van der Waals surface area contributed by atoms with Crippen molar-refractivity contribution in [2.24, 2.45) is 0 Å². The highest BCUT2D eigenvalue weighted by molar-refractivity contribution is 6.30. The summed E-state index contributed by atoms with van der Waals surface area (Å²) < 4.78 is 0. The molecular weight excluding hydrogens is 256 g/mol. The van der Waals surface area contributed by atoms with E-state index >= 15 is 0 Å². The summed E-state index contributed by atoms with van der Waals surface area (Å²) in [6.07, 6.45) is 0.827. The highest BCUT2D eigenvalue weighted by Gasteiger charge is 2.19. The first-order valence-electron chi connectivity index (χ1n) is 5.64. The van der Waals surface area contributed by atoms with Crippen molar-refractivity contribution in [2.75, 3.05) is 19.7 Å². The minimum atomic E-state index is -0.329. The highest BCUT2D eigenvalue weighted by Crippen LogP contribution is 2.10. The van der Waals surface area contributed by atoms with Gasteiger partial charge in [-0.1, -0.05) is 17.7 Å². The van der Waals surface area contributed by atoms with Gasteiger partial charge in [-0.15, -0.1) is 0 Å². The van der Waals surface area contributed by atoms with E-state index < -0.39 is 0 Å². The van der Waals surface area contributed by atoms with Crippen LogP contribution in [0, 0.1) is 0 Å². The van der Waals surface area contributed by atoms with E-state index in [9.17, 15) is 9.59 Å². The molecule has 0 spiro atoms. The first-order valence-corrected chi connectivity index (χ1v) is 6.01. The molecule has 1 heterocycles. The number of hydrogen-bond donors (Lipinski definition) is 1. The molecule has 5 nitrogen and oxygen atoms in total. The Balaban J connectivity index is 1.86. The number of carbonyl (C=O) groups is 2. The van der Waals surface area contributed by atoms with Gasteiger partial charge >= 0.3 is 0 Å². The van der Waals surface area contributed by atoms with Crippen molar-refractivity contribution in [3.8, 4) is 0 Å². The van der Waals surface area contributed by atoms with Crippen LogP contribution in [0.2, 0.25) is 5.02 Å². The summed E-state index contributed by atoms with van der Waals surface area (Å²) in [5.41, 5.74) is 0.428. The van der Waals surface area contributed by atoms with Crippen LogP contribution in [-0.4, -0.2) is 36.6 Å². The summed E-state index contributed by atoms with van der Waals surface area (Å²) in [7, 11) is 0. The van der Waals surface area contributed by atoms with Crippen molar-refractivity contribution in [1.82, 2.24) is 10.4 Å². The van der Waals surface area contributed by atoms with E-state index in [-0.39, 0.29) is 18.4 Å². The Kier molecular flexibility index (Phi) is 4.17. The van der Waals surface area contributed by atoms with Crippen LogP contribution in [0.5, 0.6) is 0 Å². The molecule has 0 radical (unpaired) electrons. The van der Waals surface area contributed by atoms with Gasteiger partial charge in [-0.3, -0.25) is 14.4 Å². The number of halogens is 1. The number of hydrogen-bond acceptors (Lipinski definition) is 3. The first-order chi connectivity index (χ1) is 8.66. The lowest BCUT2D eigenvalue weighted by atomic mass is 10.2. The molecule has 18 heavy (non-hydrogen) atoms. The summed E-state index contributed by atoms with van der Waals surface area (Å²) in [4.78, 5) is 28.4. The Morgan fingerprint density at radius 2 is 2.28 bits per heavy atom. The number of carbonyl (C=O) groups excluding carboxylic acids is 2. The average molecular weight is 269 g/mol. The van der Waals surface area contributed by atoms with Crippen molar-refractivity contribution in [3.05, 3.63) is 34.9 Å². The highest BCUT2D eigenvalue weighted by atomic mass is 35.5. The fraction of sp³-hybridized carbons (Fsp3) is 0.333. The van der Waals surface area contributed by atoms with Crippen LogP contribution < -0.4 is 5.32 Å². The topological polar surface area (TPSA) is 58.6 Å². The van der Waals surface area contributed by atoms with Crippen molar-refractivity contribution < 1.29 is 14.4 Å². The summed E-state index contributed by atoms with van der Waals surface area (Å²) >= 11 is 5.78. The molecule has 0 aliphatic carbocycles. The van der Waals surface area contributed by atoms with E-state index in [2.05, 4.69) is 5.32 Å². The van der Waals surface area contributed by atoms with Crippen LogP contribution in [0.4, 0.5) is 0 Å². The van der Waals surface area contributed by atoms with Crippen molar-refractivity contribution in [2.45, 2.75) is 6.42 Å². The van der Waals surface area contributed by atoms with Gasteiger partial charge in [0.25, 0.3) is 11.8 Å². The van der Waals surface area contributed by atoms with E-state index in [1.165, 1.54) is 5.06 Å². The second-order valence-corrected chi connectivity index (χ2v) is 4.31. The number of rotatable bonds is 3. The second-order valence-electron chi connectivity index (χ2n) is 3.88. The molecular formula is C12H13ClN2O3. The Hall–Kier alpha value is -1.59. The number of amides is 2. The van der Waals surface area contributed by atoms with Gasteiger partial charge in [-0.25, -0.2) is 5.06 Å². The predicted molar refractivity (Wildman–Crippen MR) is 66.1 cm³/mol. The molecule has 0 bridgehead atoms. The molecule has 0 aromatic heterocycles. The van der Waals surface area contributed by atoms with Gasteiger partial charge in [0.1, 0.15) is 0 Å². The van der Waals surface area contributed by atoms with Gasteiger partial charge in [-0.05, 0) is 24.6 Å². The molecule has 6 heteroatoms. The van der Waals surface area contributed by atoms with Gasteiger partial charge in [0.2, 0.25) is 0 Å². The van der Waals surface area contributed by atoms with Crippen LogP contribution in [0.3, 0.4) is 0 Å². The largest absolute Gasteiger partial charge is 0.343 e. The quantitative estimate of drug-likeness (QED) is 0.897. The van der Waals surface area contributed by atoms with E-state index in [4.69, 9.17) is 16.4 Å². The van der Waals surface area contributed by atoms with E-state index in [1.807, 2.05) is 0 Å². The maximum atomic E-state index is 11.7.